The van der Waals surface area contributed by atoms with Crippen molar-refractivity contribution in [3.8, 4) is 11.3 Å². The monoisotopic (exact) mass is 252 g/mol. The first kappa shape index (κ1) is 10.8. The molecule has 0 spiro atoms. The average molecular weight is 252 g/mol. The van der Waals surface area contributed by atoms with Crippen LogP contribution in [0.2, 0.25) is 0 Å². The van der Waals surface area contributed by atoms with Crippen molar-refractivity contribution in [3.63, 3.8) is 0 Å². The third-order valence-electron chi connectivity index (χ3n) is 2.64. The molecule has 7 heteroatoms. The molecule has 3 rings (SSSR count). The number of fused-ring (bicyclic) bond motifs is 1. The Hall–Kier alpha value is -2.31. The van der Waals surface area contributed by atoms with Crippen LogP contribution in [0.3, 0.4) is 0 Å². The van der Waals surface area contributed by atoms with E-state index in [2.05, 4.69) is 20.2 Å². The van der Waals surface area contributed by atoms with Gasteiger partial charge in [0, 0.05) is 11.8 Å². The van der Waals surface area contributed by atoms with E-state index in [1.54, 1.807) is 6.07 Å². The number of nitrogens with zero attached hydrogens (tertiary/aromatic N) is 2. The van der Waals surface area contributed by atoms with E-state index in [1.165, 1.54) is 12.5 Å². The van der Waals surface area contributed by atoms with Gasteiger partial charge in [-0.3, -0.25) is 5.10 Å². The van der Waals surface area contributed by atoms with E-state index in [0.717, 1.165) is 12.1 Å². The molecule has 0 saturated heterocycles. The van der Waals surface area contributed by atoms with Gasteiger partial charge in [0.2, 0.25) is 0 Å². The summed E-state index contributed by atoms with van der Waals surface area (Å²) in [4.78, 5) is 6.72. The van der Waals surface area contributed by atoms with Crippen LogP contribution in [0.5, 0.6) is 0 Å². The molecule has 0 aliphatic carbocycles. The number of aromatic amines is 2. The SMILES string of the molecule is FC(F)(F)c1cc(-c2ccn[nH]2)c2nc[nH]c2c1. The molecule has 0 aliphatic heterocycles. The van der Waals surface area contributed by atoms with Gasteiger partial charge in [-0.05, 0) is 18.2 Å². The number of halogens is 3. The Morgan fingerprint density at radius 2 is 2.00 bits per heavy atom. The Morgan fingerprint density at radius 3 is 2.67 bits per heavy atom. The zero-order valence-corrected chi connectivity index (χ0v) is 8.92. The van der Waals surface area contributed by atoms with Gasteiger partial charge in [-0.25, -0.2) is 4.98 Å². The standard InChI is InChI=1S/C11H7F3N4/c12-11(13,14)6-3-7(8-1-2-17-18-8)10-9(4-6)15-5-16-10/h1-5H,(H,15,16)(H,17,18). The van der Waals surface area contributed by atoms with E-state index in [0.29, 0.717) is 22.3 Å². The van der Waals surface area contributed by atoms with E-state index in [1.807, 2.05) is 0 Å². The number of aromatic nitrogens is 4. The highest BCUT2D eigenvalue weighted by atomic mass is 19.4. The van der Waals surface area contributed by atoms with E-state index in [9.17, 15) is 13.2 Å². The van der Waals surface area contributed by atoms with Gasteiger partial charge < -0.3 is 4.98 Å². The third-order valence-corrected chi connectivity index (χ3v) is 2.64. The quantitative estimate of drug-likeness (QED) is 0.699. The van der Waals surface area contributed by atoms with Crippen LogP contribution in [0.15, 0.2) is 30.7 Å². The van der Waals surface area contributed by atoms with Crippen molar-refractivity contribution in [1.82, 2.24) is 20.2 Å². The summed E-state index contributed by atoms with van der Waals surface area (Å²) in [7, 11) is 0. The first-order valence-corrected chi connectivity index (χ1v) is 5.10. The second-order valence-electron chi connectivity index (χ2n) is 3.79. The fraction of sp³-hybridized carbons (Fsp3) is 0.0909. The Kier molecular flexibility index (Phi) is 2.16. The zero-order valence-electron chi connectivity index (χ0n) is 8.92. The summed E-state index contributed by atoms with van der Waals surface area (Å²) in [5.41, 5.74) is 0.974. The highest BCUT2D eigenvalue weighted by Gasteiger charge is 2.32. The number of nitrogens with one attached hydrogen (secondary N) is 2. The minimum atomic E-state index is -4.39. The average Bonchev–Trinajstić information content (AvgIpc) is 2.97. The van der Waals surface area contributed by atoms with Crippen LogP contribution < -0.4 is 0 Å². The lowest BCUT2D eigenvalue weighted by molar-refractivity contribution is -0.137. The normalized spacial score (nSPS) is 12.2. The van der Waals surface area contributed by atoms with Crippen LogP contribution in [0.1, 0.15) is 5.56 Å². The number of hydrogen-bond donors (Lipinski definition) is 2. The molecule has 2 heterocycles. The molecule has 0 amide bonds. The van der Waals surface area contributed by atoms with Gasteiger partial charge >= 0.3 is 6.18 Å². The smallest absolute Gasteiger partial charge is 0.345 e. The maximum absolute atomic E-state index is 12.8. The summed E-state index contributed by atoms with van der Waals surface area (Å²) in [6.45, 7) is 0. The van der Waals surface area contributed by atoms with Crippen LogP contribution in [0, 0.1) is 0 Å². The highest BCUT2D eigenvalue weighted by molar-refractivity contribution is 5.91. The largest absolute Gasteiger partial charge is 0.416 e. The lowest BCUT2D eigenvalue weighted by atomic mass is 10.1. The Morgan fingerprint density at radius 1 is 1.17 bits per heavy atom. The molecule has 0 atom stereocenters. The fourth-order valence-electron chi connectivity index (χ4n) is 1.82. The van der Waals surface area contributed by atoms with E-state index >= 15 is 0 Å². The molecular weight excluding hydrogens is 245 g/mol. The summed E-state index contributed by atoms with van der Waals surface area (Å²) in [6, 6.07) is 3.71. The molecule has 4 nitrogen and oxygen atoms in total. The lowest BCUT2D eigenvalue weighted by Crippen LogP contribution is -2.05. The van der Waals surface area contributed by atoms with Gasteiger partial charge in [0.05, 0.1) is 28.6 Å². The summed E-state index contributed by atoms with van der Waals surface area (Å²) in [5, 5.41) is 6.38. The minimum absolute atomic E-state index is 0.342. The van der Waals surface area contributed by atoms with Gasteiger partial charge in [0.1, 0.15) is 0 Å². The zero-order chi connectivity index (χ0) is 12.8. The number of H-pyrrole nitrogens is 2. The molecular formula is C11H7F3N4. The topological polar surface area (TPSA) is 57.4 Å². The lowest BCUT2D eigenvalue weighted by Gasteiger charge is -2.08. The molecule has 0 fully saturated rings. The van der Waals surface area contributed by atoms with Gasteiger partial charge in [-0.15, -0.1) is 0 Å². The second-order valence-corrected chi connectivity index (χ2v) is 3.79. The van der Waals surface area contributed by atoms with E-state index in [4.69, 9.17) is 0 Å². The number of alkyl halides is 3. The van der Waals surface area contributed by atoms with E-state index in [-0.39, 0.29) is 0 Å². The molecule has 18 heavy (non-hydrogen) atoms. The molecule has 0 radical (unpaired) electrons. The number of imidazole rings is 1. The van der Waals surface area contributed by atoms with Gasteiger partial charge in [-0.2, -0.15) is 18.3 Å². The van der Waals surface area contributed by atoms with E-state index < -0.39 is 11.7 Å². The van der Waals surface area contributed by atoms with Crippen LogP contribution in [0.4, 0.5) is 13.2 Å². The minimum Gasteiger partial charge on any atom is -0.345 e. The summed E-state index contributed by atoms with van der Waals surface area (Å²) in [5.74, 6) is 0. The Bertz CT molecular complexity index is 682. The number of rotatable bonds is 1. The third kappa shape index (κ3) is 1.64. The van der Waals surface area contributed by atoms with Gasteiger partial charge in [-0.1, -0.05) is 0 Å². The van der Waals surface area contributed by atoms with Crippen molar-refractivity contribution < 1.29 is 13.2 Å². The Labute approximate surface area is 98.9 Å². The maximum atomic E-state index is 12.8. The first-order chi connectivity index (χ1) is 8.55. The number of benzene rings is 1. The van der Waals surface area contributed by atoms with Crippen molar-refractivity contribution in [2.24, 2.45) is 0 Å². The Balaban J connectivity index is 2.32. The molecule has 0 saturated carbocycles. The summed E-state index contributed by atoms with van der Waals surface area (Å²) < 4.78 is 38.4. The van der Waals surface area contributed by atoms with Crippen LogP contribution in [-0.2, 0) is 6.18 Å². The molecule has 2 N–H and O–H groups in total. The predicted octanol–water partition coefficient (Wildman–Crippen LogP) is 2.97. The molecule has 0 unspecified atom stereocenters. The summed E-state index contributed by atoms with van der Waals surface area (Å²) >= 11 is 0. The number of hydrogen-bond acceptors (Lipinski definition) is 2. The van der Waals surface area contributed by atoms with Crippen LogP contribution in [0.25, 0.3) is 22.3 Å². The van der Waals surface area contributed by atoms with Crippen molar-refractivity contribution >= 4 is 11.0 Å². The van der Waals surface area contributed by atoms with Crippen LogP contribution in [-0.4, -0.2) is 20.2 Å². The van der Waals surface area contributed by atoms with Crippen molar-refractivity contribution in [2.45, 2.75) is 6.18 Å². The predicted molar refractivity (Wildman–Crippen MR) is 58.7 cm³/mol. The summed E-state index contributed by atoms with van der Waals surface area (Å²) in [6.07, 6.45) is -1.55. The highest BCUT2D eigenvalue weighted by Crippen LogP contribution is 2.35. The molecule has 0 bridgehead atoms. The second kappa shape index (κ2) is 3.59. The maximum Gasteiger partial charge on any atom is 0.416 e. The van der Waals surface area contributed by atoms with Gasteiger partial charge in [0.25, 0.3) is 0 Å². The molecule has 2 aromatic heterocycles. The molecule has 0 aliphatic rings. The van der Waals surface area contributed by atoms with Crippen molar-refractivity contribution in [3.05, 3.63) is 36.3 Å². The van der Waals surface area contributed by atoms with Crippen molar-refractivity contribution in [2.75, 3.05) is 0 Å². The fourth-order valence-corrected chi connectivity index (χ4v) is 1.82. The van der Waals surface area contributed by atoms with Crippen LogP contribution >= 0.6 is 0 Å². The first-order valence-electron chi connectivity index (χ1n) is 5.10. The van der Waals surface area contributed by atoms with Gasteiger partial charge in [0.15, 0.2) is 0 Å². The molecule has 3 aromatic rings. The molecule has 92 valence electrons. The molecule has 1 aromatic carbocycles. The van der Waals surface area contributed by atoms with Crippen molar-refractivity contribution in [1.29, 1.82) is 0 Å².